The van der Waals surface area contributed by atoms with Crippen LogP contribution >= 0.6 is 0 Å². The molecule has 166 valence electrons. The molecule has 0 aliphatic carbocycles. The van der Waals surface area contributed by atoms with Crippen LogP contribution in [0, 0.1) is 0 Å². The number of nitrogens with one attached hydrogen (secondary N) is 1. The molecule has 1 fully saturated rings. The normalized spacial score (nSPS) is 17.5. The highest BCUT2D eigenvalue weighted by molar-refractivity contribution is 5.98. The minimum absolute atomic E-state index is 0.154. The average Bonchev–Trinajstić information content (AvgIpc) is 3.28. The Labute approximate surface area is 192 Å². The molecule has 2 heterocycles. The predicted molar refractivity (Wildman–Crippen MR) is 124 cm³/mol. The van der Waals surface area contributed by atoms with Crippen molar-refractivity contribution in [3.8, 4) is 0 Å². The van der Waals surface area contributed by atoms with E-state index in [4.69, 9.17) is 4.74 Å². The van der Waals surface area contributed by atoms with E-state index in [1.165, 1.54) is 0 Å². The summed E-state index contributed by atoms with van der Waals surface area (Å²) in [5, 5.41) is 2.94. The van der Waals surface area contributed by atoms with Gasteiger partial charge in [-0.25, -0.2) is 4.79 Å². The van der Waals surface area contributed by atoms with Crippen LogP contribution in [0.5, 0.6) is 0 Å². The van der Waals surface area contributed by atoms with Crippen molar-refractivity contribution in [2.45, 2.75) is 31.9 Å². The largest absolute Gasteiger partial charge is 0.454 e. The second-order valence-corrected chi connectivity index (χ2v) is 8.38. The van der Waals surface area contributed by atoms with Crippen molar-refractivity contribution >= 4 is 23.5 Å². The molecule has 5 rings (SSSR count). The summed E-state index contributed by atoms with van der Waals surface area (Å²) < 4.78 is 5.59. The zero-order valence-corrected chi connectivity index (χ0v) is 18.1. The van der Waals surface area contributed by atoms with Crippen molar-refractivity contribution < 1.29 is 19.1 Å². The standard InChI is InChI=1S/C27H24N2O4/c30-25-7-4-14-29(25)22-11-8-18(9-12-22)17-28-26(31)20-10-13-23-21(15-20)16-24(33-27(23)32)19-5-2-1-3-6-19/h1-3,5-6,8-13,15,24H,4,7,14,16-17H2,(H,28,31)/t24-/m0/s1. The van der Waals surface area contributed by atoms with Gasteiger partial charge in [-0.3, -0.25) is 9.59 Å². The second-order valence-electron chi connectivity index (χ2n) is 8.38. The van der Waals surface area contributed by atoms with Crippen LogP contribution in [0.1, 0.15) is 56.4 Å². The van der Waals surface area contributed by atoms with Gasteiger partial charge in [-0.15, -0.1) is 0 Å². The number of hydrogen-bond donors (Lipinski definition) is 1. The number of ether oxygens (including phenoxy) is 1. The number of amides is 2. The maximum atomic E-state index is 12.8. The lowest BCUT2D eigenvalue weighted by atomic mass is 9.93. The number of esters is 1. The van der Waals surface area contributed by atoms with Crippen molar-refractivity contribution in [1.29, 1.82) is 0 Å². The van der Waals surface area contributed by atoms with Crippen LogP contribution in [0.25, 0.3) is 0 Å². The molecule has 1 N–H and O–H groups in total. The molecule has 0 unspecified atom stereocenters. The summed E-state index contributed by atoms with van der Waals surface area (Å²) >= 11 is 0. The fraction of sp³-hybridized carbons (Fsp3) is 0.222. The van der Waals surface area contributed by atoms with E-state index in [1.807, 2.05) is 54.6 Å². The van der Waals surface area contributed by atoms with Crippen LogP contribution in [0.15, 0.2) is 72.8 Å². The zero-order chi connectivity index (χ0) is 22.8. The Morgan fingerprint density at radius 2 is 1.79 bits per heavy atom. The number of carbonyl (C=O) groups excluding carboxylic acids is 3. The molecule has 33 heavy (non-hydrogen) atoms. The van der Waals surface area contributed by atoms with E-state index in [9.17, 15) is 14.4 Å². The van der Waals surface area contributed by atoms with Crippen molar-refractivity contribution in [2.24, 2.45) is 0 Å². The number of nitrogens with zero attached hydrogens (tertiary/aromatic N) is 1. The number of cyclic esters (lactones) is 1. The first-order valence-electron chi connectivity index (χ1n) is 11.1. The maximum absolute atomic E-state index is 12.8. The third-order valence-electron chi connectivity index (χ3n) is 6.19. The monoisotopic (exact) mass is 440 g/mol. The van der Waals surface area contributed by atoms with Gasteiger partial charge in [0, 0.05) is 37.2 Å². The molecule has 0 spiro atoms. The molecule has 2 amide bonds. The molecule has 0 bridgehead atoms. The molecule has 6 nitrogen and oxygen atoms in total. The topological polar surface area (TPSA) is 75.7 Å². The molecule has 2 aliphatic heterocycles. The van der Waals surface area contributed by atoms with Gasteiger partial charge in [0.25, 0.3) is 5.91 Å². The van der Waals surface area contributed by atoms with Gasteiger partial charge in [0.15, 0.2) is 0 Å². The number of anilines is 1. The van der Waals surface area contributed by atoms with Crippen molar-refractivity contribution in [3.63, 3.8) is 0 Å². The van der Waals surface area contributed by atoms with Crippen LogP contribution in [0.2, 0.25) is 0 Å². The summed E-state index contributed by atoms with van der Waals surface area (Å²) in [5.41, 5.74) is 4.60. The molecule has 0 aromatic heterocycles. The van der Waals surface area contributed by atoms with Crippen LogP contribution in [-0.4, -0.2) is 24.3 Å². The van der Waals surface area contributed by atoms with Crippen molar-refractivity contribution in [2.75, 3.05) is 11.4 Å². The van der Waals surface area contributed by atoms with Crippen LogP contribution in [0.4, 0.5) is 5.69 Å². The van der Waals surface area contributed by atoms with Crippen LogP contribution in [-0.2, 0) is 22.5 Å². The summed E-state index contributed by atoms with van der Waals surface area (Å²) in [6, 6.07) is 22.4. The van der Waals surface area contributed by atoms with Gasteiger partial charge in [-0.05, 0) is 53.4 Å². The second kappa shape index (κ2) is 8.90. The molecule has 0 saturated carbocycles. The molecule has 1 atom stereocenters. The fourth-order valence-electron chi connectivity index (χ4n) is 4.39. The molecule has 3 aromatic carbocycles. The zero-order valence-electron chi connectivity index (χ0n) is 18.1. The van der Waals surface area contributed by atoms with Gasteiger partial charge in [0.1, 0.15) is 6.10 Å². The minimum Gasteiger partial charge on any atom is -0.454 e. The Balaban J connectivity index is 1.25. The Morgan fingerprint density at radius 1 is 1.00 bits per heavy atom. The number of benzene rings is 3. The first-order chi connectivity index (χ1) is 16.1. The van der Waals surface area contributed by atoms with E-state index in [1.54, 1.807) is 23.1 Å². The molecule has 0 radical (unpaired) electrons. The molecule has 3 aromatic rings. The van der Waals surface area contributed by atoms with Crippen LogP contribution in [0.3, 0.4) is 0 Å². The lowest BCUT2D eigenvalue weighted by Crippen LogP contribution is -2.25. The maximum Gasteiger partial charge on any atom is 0.339 e. The third-order valence-corrected chi connectivity index (χ3v) is 6.19. The summed E-state index contributed by atoms with van der Waals surface area (Å²) in [6.45, 7) is 1.13. The summed E-state index contributed by atoms with van der Waals surface area (Å²) in [4.78, 5) is 38.9. The van der Waals surface area contributed by atoms with Crippen molar-refractivity contribution in [1.82, 2.24) is 5.32 Å². The fourth-order valence-corrected chi connectivity index (χ4v) is 4.39. The molecule has 6 heteroatoms. The lowest BCUT2D eigenvalue weighted by Gasteiger charge is -2.25. The highest BCUT2D eigenvalue weighted by Gasteiger charge is 2.28. The number of carbonyl (C=O) groups is 3. The first-order valence-corrected chi connectivity index (χ1v) is 11.1. The highest BCUT2D eigenvalue weighted by Crippen LogP contribution is 2.31. The number of fused-ring (bicyclic) bond motifs is 1. The van der Waals surface area contributed by atoms with E-state index >= 15 is 0 Å². The Morgan fingerprint density at radius 3 is 2.52 bits per heavy atom. The van der Waals surface area contributed by atoms with Crippen molar-refractivity contribution in [3.05, 3.63) is 101 Å². The van der Waals surface area contributed by atoms with Gasteiger partial charge in [0.05, 0.1) is 5.56 Å². The number of hydrogen-bond acceptors (Lipinski definition) is 4. The van der Waals surface area contributed by atoms with Gasteiger partial charge in [-0.1, -0.05) is 42.5 Å². The van der Waals surface area contributed by atoms with E-state index in [-0.39, 0.29) is 23.9 Å². The highest BCUT2D eigenvalue weighted by atomic mass is 16.5. The van der Waals surface area contributed by atoms with Crippen LogP contribution < -0.4 is 10.2 Å². The lowest BCUT2D eigenvalue weighted by molar-refractivity contribution is -0.117. The molecular formula is C27H24N2O4. The molecule has 1 saturated heterocycles. The van der Waals surface area contributed by atoms with E-state index in [2.05, 4.69) is 5.32 Å². The average molecular weight is 440 g/mol. The Hall–Kier alpha value is -3.93. The van der Waals surface area contributed by atoms with E-state index in [0.29, 0.717) is 30.5 Å². The van der Waals surface area contributed by atoms with E-state index in [0.717, 1.165) is 35.3 Å². The van der Waals surface area contributed by atoms with Gasteiger partial charge >= 0.3 is 5.97 Å². The van der Waals surface area contributed by atoms with E-state index < -0.39 is 0 Å². The summed E-state index contributed by atoms with van der Waals surface area (Å²) in [6.07, 6.45) is 1.66. The Bertz CT molecular complexity index is 1200. The SMILES string of the molecule is O=C(NCc1ccc(N2CCCC2=O)cc1)c1ccc2c(c1)C[C@@H](c1ccccc1)OC2=O. The van der Waals surface area contributed by atoms with Gasteiger partial charge in [-0.2, -0.15) is 0 Å². The molecule has 2 aliphatic rings. The minimum atomic E-state index is -0.367. The quantitative estimate of drug-likeness (QED) is 0.604. The summed E-state index contributed by atoms with van der Waals surface area (Å²) in [7, 11) is 0. The van der Waals surface area contributed by atoms with Gasteiger partial charge < -0.3 is 15.0 Å². The van der Waals surface area contributed by atoms with Gasteiger partial charge in [0.2, 0.25) is 5.91 Å². The first kappa shape index (κ1) is 20.9. The third kappa shape index (κ3) is 4.37. The number of rotatable bonds is 5. The predicted octanol–water partition coefficient (Wildman–Crippen LogP) is 4.20. The Kier molecular flexibility index (Phi) is 5.65. The molecular weight excluding hydrogens is 416 g/mol. The summed E-state index contributed by atoms with van der Waals surface area (Å²) in [5.74, 6) is -0.415. The smallest absolute Gasteiger partial charge is 0.339 e.